The first-order chi connectivity index (χ1) is 15.5. The Morgan fingerprint density at radius 2 is 1.53 bits per heavy atom. The molecule has 4 nitrogen and oxygen atoms in total. The van der Waals surface area contributed by atoms with E-state index in [2.05, 4.69) is 58.2 Å². The molecule has 2 aromatic heterocycles. The molecule has 0 atom stereocenters. The van der Waals surface area contributed by atoms with Gasteiger partial charge in [0.2, 0.25) is 0 Å². The number of rotatable bonds is 2. The van der Waals surface area contributed by atoms with Crippen LogP contribution in [-0.2, 0) is 5.54 Å². The Morgan fingerprint density at radius 1 is 0.812 bits per heavy atom. The highest BCUT2D eigenvalue weighted by molar-refractivity contribution is 5.97. The summed E-state index contributed by atoms with van der Waals surface area (Å²) in [5.41, 5.74) is 9.35. The Hall–Kier alpha value is -3.66. The molecule has 0 bridgehead atoms. The minimum atomic E-state index is -0.193. The van der Waals surface area contributed by atoms with Gasteiger partial charge in [-0.25, -0.2) is 0 Å². The monoisotopic (exact) mass is 419 g/mol. The lowest BCUT2D eigenvalue weighted by atomic mass is 9.96. The molecular formula is C28H25N3O. The van der Waals surface area contributed by atoms with Gasteiger partial charge >= 0.3 is 0 Å². The third kappa shape index (κ3) is 2.76. The minimum Gasteiger partial charge on any atom is -0.331 e. The fourth-order valence-electron chi connectivity index (χ4n) is 5.19. The van der Waals surface area contributed by atoms with Crippen molar-refractivity contribution < 1.29 is 4.79 Å². The lowest BCUT2D eigenvalue weighted by Gasteiger charge is -2.27. The third-order valence-electron chi connectivity index (χ3n) is 6.99. The van der Waals surface area contributed by atoms with Gasteiger partial charge in [0.1, 0.15) is 5.69 Å². The van der Waals surface area contributed by atoms with Gasteiger partial charge in [0.25, 0.3) is 5.91 Å². The molecule has 1 amide bonds. The Balaban J connectivity index is 1.60. The molecule has 3 heterocycles. The van der Waals surface area contributed by atoms with E-state index in [0.717, 1.165) is 57.9 Å². The van der Waals surface area contributed by atoms with Gasteiger partial charge in [-0.15, -0.1) is 0 Å². The molecule has 4 heteroatoms. The zero-order chi connectivity index (χ0) is 22.0. The Morgan fingerprint density at radius 3 is 2.22 bits per heavy atom. The second-order valence-electron chi connectivity index (χ2n) is 9.12. The standard InChI is InChI=1S/C28H25N3O/c1-18-13-22(14-19(2)29-18)21-9-10-24-25(15-21)31-17-23(20-7-5-4-6-8-20)16-26(31)27(32)30(3)28(24)11-12-28/h4-10,13-17H,11-12H2,1-3H3. The van der Waals surface area contributed by atoms with Crippen molar-refractivity contribution in [3.05, 3.63) is 95.6 Å². The summed E-state index contributed by atoms with van der Waals surface area (Å²) in [4.78, 5) is 20.0. The Labute approximate surface area is 188 Å². The van der Waals surface area contributed by atoms with Crippen molar-refractivity contribution >= 4 is 5.91 Å². The zero-order valence-corrected chi connectivity index (χ0v) is 18.6. The van der Waals surface area contributed by atoms with Crippen LogP contribution in [0, 0.1) is 13.8 Å². The van der Waals surface area contributed by atoms with Gasteiger partial charge in [0.05, 0.1) is 11.2 Å². The van der Waals surface area contributed by atoms with Crippen LogP contribution in [0.25, 0.3) is 27.9 Å². The van der Waals surface area contributed by atoms with Gasteiger partial charge < -0.3 is 9.47 Å². The number of benzene rings is 2. The molecule has 32 heavy (non-hydrogen) atoms. The number of hydrogen-bond acceptors (Lipinski definition) is 2. The highest BCUT2D eigenvalue weighted by Crippen LogP contribution is 2.54. The molecule has 1 aliphatic heterocycles. The first-order valence-corrected chi connectivity index (χ1v) is 11.1. The predicted molar refractivity (Wildman–Crippen MR) is 127 cm³/mol. The van der Waals surface area contributed by atoms with E-state index in [1.807, 2.05) is 50.1 Å². The second kappa shape index (κ2) is 6.67. The van der Waals surface area contributed by atoms with Crippen molar-refractivity contribution in [2.75, 3.05) is 7.05 Å². The molecule has 2 aliphatic rings. The maximum Gasteiger partial charge on any atom is 0.271 e. The van der Waals surface area contributed by atoms with E-state index in [-0.39, 0.29) is 11.4 Å². The molecule has 0 unspecified atom stereocenters. The summed E-state index contributed by atoms with van der Waals surface area (Å²) < 4.78 is 2.11. The maximum atomic E-state index is 13.5. The smallest absolute Gasteiger partial charge is 0.271 e. The number of nitrogens with zero attached hydrogens (tertiary/aromatic N) is 3. The number of hydrogen-bond donors (Lipinski definition) is 0. The molecule has 0 radical (unpaired) electrons. The topological polar surface area (TPSA) is 38.1 Å². The van der Waals surface area contributed by atoms with E-state index >= 15 is 0 Å². The lowest BCUT2D eigenvalue weighted by Crippen LogP contribution is -2.36. The normalized spacial score (nSPS) is 16.0. The highest BCUT2D eigenvalue weighted by atomic mass is 16.2. The molecule has 1 fully saturated rings. The third-order valence-corrected chi connectivity index (χ3v) is 6.99. The first kappa shape index (κ1) is 19.1. The second-order valence-corrected chi connectivity index (χ2v) is 9.12. The van der Waals surface area contributed by atoms with Crippen LogP contribution in [-0.4, -0.2) is 27.4 Å². The molecule has 1 aliphatic carbocycles. The molecular weight excluding hydrogens is 394 g/mol. The van der Waals surface area contributed by atoms with Crippen molar-refractivity contribution in [3.63, 3.8) is 0 Å². The molecule has 0 N–H and O–H groups in total. The van der Waals surface area contributed by atoms with Crippen LogP contribution in [0.15, 0.2) is 72.9 Å². The first-order valence-electron chi connectivity index (χ1n) is 11.1. The van der Waals surface area contributed by atoms with E-state index in [0.29, 0.717) is 0 Å². The van der Waals surface area contributed by atoms with E-state index in [1.165, 1.54) is 5.56 Å². The number of carbonyl (C=O) groups is 1. The molecule has 1 saturated carbocycles. The number of aryl methyl sites for hydroxylation is 2. The molecule has 4 aromatic rings. The molecule has 1 spiro atoms. The Bertz CT molecular complexity index is 1360. The lowest BCUT2D eigenvalue weighted by molar-refractivity contribution is 0.0705. The fraction of sp³-hybridized carbons (Fsp3) is 0.214. The van der Waals surface area contributed by atoms with Crippen LogP contribution < -0.4 is 0 Å². The van der Waals surface area contributed by atoms with Gasteiger partial charge in [0.15, 0.2) is 0 Å². The summed E-state index contributed by atoms with van der Waals surface area (Å²) in [5, 5.41) is 0. The summed E-state index contributed by atoms with van der Waals surface area (Å²) in [6, 6.07) is 23.2. The number of fused-ring (bicyclic) bond motifs is 4. The fourth-order valence-corrected chi connectivity index (χ4v) is 5.19. The van der Waals surface area contributed by atoms with Gasteiger partial charge in [-0.2, -0.15) is 0 Å². The molecule has 6 rings (SSSR count). The molecule has 2 aromatic carbocycles. The van der Waals surface area contributed by atoms with E-state index in [9.17, 15) is 4.79 Å². The van der Waals surface area contributed by atoms with Crippen LogP contribution in [0.4, 0.5) is 0 Å². The highest BCUT2D eigenvalue weighted by Gasteiger charge is 2.53. The zero-order valence-electron chi connectivity index (χ0n) is 18.6. The predicted octanol–water partition coefficient (Wildman–Crippen LogP) is 5.90. The SMILES string of the molecule is Cc1cc(-c2ccc3c(c2)-n2cc(-c4ccccc4)cc2C(=O)N(C)C32CC2)cc(C)n1. The van der Waals surface area contributed by atoms with Gasteiger partial charge in [-0.3, -0.25) is 9.78 Å². The summed E-state index contributed by atoms with van der Waals surface area (Å²) in [6.07, 6.45) is 4.13. The van der Waals surface area contributed by atoms with Crippen molar-refractivity contribution in [2.24, 2.45) is 0 Å². The summed E-state index contributed by atoms with van der Waals surface area (Å²) in [5.74, 6) is 0.0815. The number of amides is 1. The van der Waals surface area contributed by atoms with Gasteiger partial charge in [-0.1, -0.05) is 42.5 Å². The van der Waals surface area contributed by atoms with E-state index in [4.69, 9.17) is 0 Å². The van der Waals surface area contributed by atoms with Crippen LogP contribution in [0.1, 0.15) is 40.3 Å². The van der Waals surface area contributed by atoms with E-state index in [1.54, 1.807) is 0 Å². The molecule has 158 valence electrons. The van der Waals surface area contributed by atoms with Gasteiger partial charge in [0, 0.05) is 35.8 Å². The van der Waals surface area contributed by atoms with Crippen LogP contribution in [0.3, 0.4) is 0 Å². The largest absolute Gasteiger partial charge is 0.331 e. The van der Waals surface area contributed by atoms with Crippen LogP contribution in [0.2, 0.25) is 0 Å². The minimum absolute atomic E-state index is 0.0815. The average molecular weight is 420 g/mol. The van der Waals surface area contributed by atoms with Crippen molar-refractivity contribution in [3.8, 4) is 27.9 Å². The maximum absolute atomic E-state index is 13.5. The summed E-state index contributed by atoms with van der Waals surface area (Å²) >= 11 is 0. The number of aromatic nitrogens is 2. The number of carbonyl (C=O) groups excluding carboxylic acids is 1. The molecule has 0 saturated heterocycles. The average Bonchev–Trinajstić information content (AvgIpc) is 3.49. The summed E-state index contributed by atoms with van der Waals surface area (Å²) in [7, 11) is 1.95. The van der Waals surface area contributed by atoms with Gasteiger partial charge in [-0.05, 0) is 67.6 Å². The van der Waals surface area contributed by atoms with Crippen molar-refractivity contribution in [1.82, 2.24) is 14.5 Å². The Kier molecular flexibility index (Phi) is 3.97. The number of pyridine rings is 1. The van der Waals surface area contributed by atoms with E-state index < -0.39 is 0 Å². The van der Waals surface area contributed by atoms with Crippen LogP contribution >= 0.6 is 0 Å². The van der Waals surface area contributed by atoms with Crippen molar-refractivity contribution in [1.29, 1.82) is 0 Å². The van der Waals surface area contributed by atoms with Crippen molar-refractivity contribution in [2.45, 2.75) is 32.2 Å². The summed E-state index contributed by atoms with van der Waals surface area (Å²) in [6.45, 7) is 4.06. The van der Waals surface area contributed by atoms with Crippen LogP contribution in [0.5, 0.6) is 0 Å². The quantitative estimate of drug-likeness (QED) is 0.406.